The summed E-state index contributed by atoms with van der Waals surface area (Å²) >= 11 is 0. The van der Waals surface area contributed by atoms with Crippen LogP contribution in [-0.2, 0) is 0 Å². The molecule has 0 atom stereocenters. The van der Waals surface area contributed by atoms with Gasteiger partial charge in [-0.15, -0.1) is 5.10 Å². The van der Waals surface area contributed by atoms with E-state index in [1.54, 1.807) is 0 Å². The van der Waals surface area contributed by atoms with Gasteiger partial charge in [0.25, 0.3) is 0 Å². The second-order valence-corrected chi connectivity index (χ2v) is 2.43. The Balaban J connectivity index is 2.89. The van der Waals surface area contributed by atoms with Crippen molar-refractivity contribution >= 4 is 5.82 Å². The van der Waals surface area contributed by atoms with Crippen LogP contribution in [0.5, 0.6) is 0 Å². The minimum absolute atomic E-state index is 0.894. The lowest BCUT2D eigenvalue weighted by molar-refractivity contribution is 0.934. The molecule has 1 aromatic heterocycles. The summed E-state index contributed by atoms with van der Waals surface area (Å²) in [6, 6.07) is 3.89. The van der Waals surface area contributed by atoms with Gasteiger partial charge in [-0.05, 0) is 19.1 Å². The maximum Gasteiger partial charge on any atom is 0.150 e. The van der Waals surface area contributed by atoms with Crippen molar-refractivity contribution in [3.8, 4) is 0 Å². The molecular weight excluding hydrogens is 126 g/mol. The molecule has 0 spiro atoms. The number of hydrogen-bond donors (Lipinski definition) is 0. The molecule has 10 heavy (non-hydrogen) atoms. The molecule has 0 aliphatic heterocycles. The number of aromatic nitrogens is 2. The minimum Gasteiger partial charge on any atom is -0.361 e. The number of hydrogen-bond acceptors (Lipinski definition) is 3. The highest BCUT2D eigenvalue weighted by atomic mass is 15.2. The second kappa shape index (κ2) is 2.64. The summed E-state index contributed by atoms with van der Waals surface area (Å²) in [5, 5.41) is 7.86. The van der Waals surface area contributed by atoms with E-state index in [9.17, 15) is 0 Å². The van der Waals surface area contributed by atoms with Crippen LogP contribution in [0.3, 0.4) is 0 Å². The quantitative estimate of drug-likeness (QED) is 0.574. The Morgan fingerprint density at radius 1 is 1.20 bits per heavy atom. The van der Waals surface area contributed by atoms with Crippen molar-refractivity contribution in [1.29, 1.82) is 0 Å². The van der Waals surface area contributed by atoms with Gasteiger partial charge in [0.2, 0.25) is 0 Å². The van der Waals surface area contributed by atoms with Gasteiger partial charge in [0.15, 0.2) is 5.82 Å². The lowest BCUT2D eigenvalue weighted by atomic mass is 10.4. The summed E-state index contributed by atoms with van der Waals surface area (Å²) in [5.74, 6) is 0.894. The Kier molecular flexibility index (Phi) is 1.85. The highest BCUT2D eigenvalue weighted by Gasteiger charge is 1.94. The lowest BCUT2D eigenvalue weighted by Gasteiger charge is -2.08. The Morgan fingerprint density at radius 3 is 2.30 bits per heavy atom. The van der Waals surface area contributed by atoms with E-state index in [0.717, 1.165) is 11.5 Å². The van der Waals surface area contributed by atoms with Gasteiger partial charge >= 0.3 is 0 Å². The Hall–Kier alpha value is -1.12. The van der Waals surface area contributed by atoms with Crippen molar-refractivity contribution in [2.24, 2.45) is 0 Å². The second-order valence-electron chi connectivity index (χ2n) is 2.43. The zero-order valence-electron chi connectivity index (χ0n) is 6.50. The van der Waals surface area contributed by atoms with Crippen LogP contribution >= 0.6 is 0 Å². The molecule has 0 bridgehead atoms. The average molecular weight is 137 g/mol. The zero-order chi connectivity index (χ0) is 7.56. The molecule has 1 aromatic rings. The number of anilines is 1. The summed E-state index contributed by atoms with van der Waals surface area (Å²) in [6.45, 7) is 1.92. The van der Waals surface area contributed by atoms with Crippen molar-refractivity contribution in [3.05, 3.63) is 17.8 Å². The predicted molar refractivity (Wildman–Crippen MR) is 41.1 cm³/mol. The number of aryl methyl sites for hydroxylation is 1. The van der Waals surface area contributed by atoms with Crippen LogP contribution in [-0.4, -0.2) is 24.3 Å². The number of rotatable bonds is 1. The van der Waals surface area contributed by atoms with Gasteiger partial charge in [0.1, 0.15) is 0 Å². The van der Waals surface area contributed by atoms with E-state index in [0.29, 0.717) is 0 Å². The van der Waals surface area contributed by atoms with Crippen LogP contribution in [0.25, 0.3) is 0 Å². The first kappa shape index (κ1) is 6.99. The molecule has 0 saturated carbocycles. The molecule has 1 rings (SSSR count). The fourth-order valence-electron chi connectivity index (χ4n) is 0.630. The molecule has 0 amide bonds. The van der Waals surface area contributed by atoms with E-state index in [1.165, 1.54) is 0 Å². The highest BCUT2D eigenvalue weighted by Crippen LogP contribution is 2.03. The van der Waals surface area contributed by atoms with Crippen LogP contribution in [0.1, 0.15) is 5.69 Å². The molecule has 0 aliphatic carbocycles. The van der Waals surface area contributed by atoms with Crippen LogP contribution in [0.4, 0.5) is 5.82 Å². The smallest absolute Gasteiger partial charge is 0.150 e. The van der Waals surface area contributed by atoms with Crippen LogP contribution in [0.15, 0.2) is 12.1 Å². The van der Waals surface area contributed by atoms with Crippen molar-refractivity contribution in [1.82, 2.24) is 10.2 Å². The number of nitrogens with zero attached hydrogens (tertiary/aromatic N) is 3. The third-order valence-electron chi connectivity index (χ3n) is 1.24. The van der Waals surface area contributed by atoms with Crippen molar-refractivity contribution in [2.45, 2.75) is 6.92 Å². The Labute approximate surface area is 60.7 Å². The lowest BCUT2D eigenvalue weighted by Crippen LogP contribution is -2.11. The van der Waals surface area contributed by atoms with E-state index >= 15 is 0 Å². The van der Waals surface area contributed by atoms with Crippen LogP contribution < -0.4 is 4.90 Å². The first-order valence-electron chi connectivity index (χ1n) is 3.18. The van der Waals surface area contributed by atoms with E-state index in [-0.39, 0.29) is 0 Å². The summed E-state index contributed by atoms with van der Waals surface area (Å²) in [4.78, 5) is 1.92. The van der Waals surface area contributed by atoms with Gasteiger partial charge in [-0.25, -0.2) is 0 Å². The molecule has 3 nitrogen and oxygen atoms in total. The van der Waals surface area contributed by atoms with E-state index in [1.807, 2.05) is 38.1 Å². The summed E-state index contributed by atoms with van der Waals surface area (Å²) in [7, 11) is 3.89. The third-order valence-corrected chi connectivity index (χ3v) is 1.24. The van der Waals surface area contributed by atoms with Crippen molar-refractivity contribution in [2.75, 3.05) is 19.0 Å². The molecule has 0 N–H and O–H groups in total. The molecule has 0 aliphatic rings. The van der Waals surface area contributed by atoms with E-state index in [2.05, 4.69) is 10.2 Å². The molecule has 0 aromatic carbocycles. The molecule has 0 saturated heterocycles. The standard InChI is InChI=1S/C7H11N3/c1-6-4-5-7(9-8-6)10(2)3/h4-5H,1-3H3. The molecule has 0 radical (unpaired) electrons. The van der Waals surface area contributed by atoms with Gasteiger partial charge < -0.3 is 4.90 Å². The topological polar surface area (TPSA) is 29.0 Å². The SMILES string of the molecule is Cc1ccc(N(C)C)nn1. The fraction of sp³-hybridized carbons (Fsp3) is 0.429. The summed E-state index contributed by atoms with van der Waals surface area (Å²) < 4.78 is 0. The first-order valence-corrected chi connectivity index (χ1v) is 3.18. The first-order chi connectivity index (χ1) is 4.70. The van der Waals surface area contributed by atoms with Crippen LogP contribution in [0, 0.1) is 6.92 Å². The third kappa shape index (κ3) is 1.43. The molecular formula is C7H11N3. The molecule has 3 heteroatoms. The maximum absolute atomic E-state index is 3.95. The van der Waals surface area contributed by atoms with E-state index < -0.39 is 0 Å². The maximum atomic E-state index is 3.95. The summed E-state index contributed by atoms with van der Waals surface area (Å²) in [5.41, 5.74) is 0.950. The molecule has 0 fully saturated rings. The molecule has 54 valence electrons. The van der Waals surface area contributed by atoms with Gasteiger partial charge in [0, 0.05) is 14.1 Å². The summed E-state index contributed by atoms with van der Waals surface area (Å²) in [6.07, 6.45) is 0. The van der Waals surface area contributed by atoms with Gasteiger partial charge in [0.05, 0.1) is 5.69 Å². The van der Waals surface area contributed by atoms with Crippen LogP contribution in [0.2, 0.25) is 0 Å². The average Bonchev–Trinajstić information content (AvgIpc) is 1.88. The monoisotopic (exact) mass is 137 g/mol. The van der Waals surface area contributed by atoms with Crippen molar-refractivity contribution in [3.63, 3.8) is 0 Å². The van der Waals surface area contributed by atoms with Gasteiger partial charge in [-0.2, -0.15) is 5.10 Å². The Morgan fingerprint density at radius 2 is 1.90 bits per heavy atom. The zero-order valence-corrected chi connectivity index (χ0v) is 6.50. The largest absolute Gasteiger partial charge is 0.361 e. The highest BCUT2D eigenvalue weighted by molar-refractivity contribution is 5.34. The van der Waals surface area contributed by atoms with Gasteiger partial charge in [-0.1, -0.05) is 0 Å². The fourth-order valence-corrected chi connectivity index (χ4v) is 0.630. The molecule has 0 unspecified atom stereocenters. The minimum atomic E-state index is 0.894. The van der Waals surface area contributed by atoms with Gasteiger partial charge in [-0.3, -0.25) is 0 Å². The molecule has 1 heterocycles. The van der Waals surface area contributed by atoms with Crippen molar-refractivity contribution < 1.29 is 0 Å². The Bertz CT molecular complexity index is 203. The predicted octanol–water partition coefficient (Wildman–Crippen LogP) is 0.851. The van der Waals surface area contributed by atoms with E-state index in [4.69, 9.17) is 0 Å². The normalized spacial score (nSPS) is 9.50.